The average molecular weight is 211 g/mol. The smallest absolute Gasteiger partial charge is 0.330 e. The first-order valence-corrected chi connectivity index (χ1v) is 5.29. The summed E-state index contributed by atoms with van der Waals surface area (Å²) < 4.78 is 4.88. The van der Waals surface area contributed by atoms with E-state index >= 15 is 0 Å². The Morgan fingerprint density at radius 2 is 2.50 bits per heavy atom. The van der Waals surface area contributed by atoms with Gasteiger partial charge in [-0.25, -0.2) is 4.79 Å². The van der Waals surface area contributed by atoms with E-state index in [-0.39, 0.29) is 5.97 Å². The van der Waals surface area contributed by atoms with Gasteiger partial charge in [-0.3, -0.25) is 0 Å². The first-order valence-electron chi connectivity index (χ1n) is 4.41. The number of thiophene rings is 1. The molecule has 1 heterocycles. The van der Waals surface area contributed by atoms with E-state index in [0.717, 1.165) is 4.88 Å². The lowest BCUT2D eigenvalue weighted by molar-refractivity contribution is -0.137. The number of hydrogen-bond donors (Lipinski definition) is 1. The van der Waals surface area contributed by atoms with Gasteiger partial charge in [0.2, 0.25) is 0 Å². The summed E-state index contributed by atoms with van der Waals surface area (Å²) in [4.78, 5) is 12.1. The summed E-state index contributed by atoms with van der Waals surface area (Å²) in [6.07, 6.45) is 3.89. The standard InChI is InChI=1S/C10H13NO2S/c11-6-2-7-13-10(12)5-4-9-3-1-8-14-9/h1,3-5,8H,2,6-7,11H2. The largest absolute Gasteiger partial charge is 0.462 e. The summed E-state index contributed by atoms with van der Waals surface area (Å²) in [5.74, 6) is -0.313. The molecule has 0 atom stereocenters. The van der Waals surface area contributed by atoms with Crippen LogP contribution in [0.15, 0.2) is 23.6 Å². The highest BCUT2D eigenvalue weighted by Gasteiger charge is 1.95. The second-order valence-electron chi connectivity index (χ2n) is 2.66. The summed E-state index contributed by atoms with van der Waals surface area (Å²) in [7, 11) is 0. The quantitative estimate of drug-likeness (QED) is 0.458. The molecule has 0 radical (unpaired) electrons. The second kappa shape index (κ2) is 6.34. The third kappa shape index (κ3) is 4.20. The Morgan fingerprint density at radius 1 is 1.64 bits per heavy atom. The minimum absolute atomic E-state index is 0.313. The molecule has 1 aromatic rings. The Hall–Kier alpha value is -1.13. The monoisotopic (exact) mass is 211 g/mol. The van der Waals surface area contributed by atoms with Crippen molar-refractivity contribution in [2.24, 2.45) is 5.73 Å². The van der Waals surface area contributed by atoms with E-state index in [4.69, 9.17) is 10.5 Å². The van der Waals surface area contributed by atoms with Crippen LogP contribution >= 0.6 is 11.3 Å². The van der Waals surface area contributed by atoms with Gasteiger partial charge in [-0.15, -0.1) is 11.3 Å². The van der Waals surface area contributed by atoms with E-state index in [1.54, 1.807) is 17.4 Å². The van der Waals surface area contributed by atoms with Crippen LogP contribution in [0.1, 0.15) is 11.3 Å². The number of ether oxygens (including phenoxy) is 1. The molecule has 0 amide bonds. The van der Waals surface area contributed by atoms with E-state index in [0.29, 0.717) is 19.6 Å². The molecule has 3 nitrogen and oxygen atoms in total. The lowest BCUT2D eigenvalue weighted by atomic mass is 10.4. The lowest BCUT2D eigenvalue weighted by Crippen LogP contribution is -2.07. The normalized spacial score (nSPS) is 10.6. The SMILES string of the molecule is NCCCOC(=O)C=Cc1cccs1. The van der Waals surface area contributed by atoms with Crippen molar-refractivity contribution in [3.05, 3.63) is 28.5 Å². The van der Waals surface area contributed by atoms with Crippen LogP contribution in [-0.2, 0) is 9.53 Å². The molecule has 0 saturated heterocycles. The molecule has 4 heteroatoms. The highest BCUT2D eigenvalue weighted by molar-refractivity contribution is 7.10. The Bertz CT molecular complexity index is 293. The van der Waals surface area contributed by atoms with Gasteiger partial charge in [-0.1, -0.05) is 6.07 Å². The maximum atomic E-state index is 11.1. The fourth-order valence-corrected chi connectivity index (χ4v) is 1.46. The maximum Gasteiger partial charge on any atom is 0.330 e. The van der Waals surface area contributed by atoms with E-state index in [2.05, 4.69) is 0 Å². The molecule has 0 saturated carbocycles. The van der Waals surface area contributed by atoms with Crippen LogP contribution < -0.4 is 5.73 Å². The van der Waals surface area contributed by atoms with Crippen LogP contribution in [0.2, 0.25) is 0 Å². The molecular formula is C10H13NO2S. The molecule has 1 rings (SSSR count). The fourth-order valence-electron chi connectivity index (χ4n) is 0.840. The van der Waals surface area contributed by atoms with Crippen molar-refractivity contribution in [3.63, 3.8) is 0 Å². The van der Waals surface area contributed by atoms with Crippen LogP contribution in [0.5, 0.6) is 0 Å². The third-order valence-electron chi connectivity index (χ3n) is 1.52. The second-order valence-corrected chi connectivity index (χ2v) is 3.64. The molecule has 1 aromatic heterocycles. The summed E-state index contributed by atoms with van der Waals surface area (Å²) in [5, 5.41) is 1.96. The van der Waals surface area contributed by atoms with Crippen molar-refractivity contribution < 1.29 is 9.53 Å². The molecule has 0 unspecified atom stereocenters. The van der Waals surface area contributed by atoms with Crippen molar-refractivity contribution in [3.8, 4) is 0 Å². The van der Waals surface area contributed by atoms with E-state index in [1.807, 2.05) is 17.5 Å². The Balaban J connectivity index is 2.26. The Kier molecular flexibility index (Phi) is 4.96. The molecular weight excluding hydrogens is 198 g/mol. The van der Waals surface area contributed by atoms with Gasteiger partial charge in [0.25, 0.3) is 0 Å². The number of nitrogens with two attached hydrogens (primary N) is 1. The topological polar surface area (TPSA) is 52.3 Å². The van der Waals surface area contributed by atoms with Gasteiger partial charge in [0.05, 0.1) is 6.61 Å². The number of esters is 1. The summed E-state index contributed by atoms with van der Waals surface area (Å²) in [5.41, 5.74) is 5.26. The zero-order chi connectivity index (χ0) is 10.2. The highest BCUT2D eigenvalue weighted by Crippen LogP contribution is 2.09. The van der Waals surface area contributed by atoms with Crippen molar-refractivity contribution in [1.82, 2.24) is 0 Å². The van der Waals surface area contributed by atoms with E-state index in [1.165, 1.54) is 6.08 Å². The predicted molar refractivity (Wildman–Crippen MR) is 58.0 cm³/mol. The zero-order valence-electron chi connectivity index (χ0n) is 7.81. The molecule has 0 aliphatic rings. The van der Waals surface area contributed by atoms with Crippen molar-refractivity contribution >= 4 is 23.4 Å². The number of rotatable bonds is 5. The Morgan fingerprint density at radius 3 is 3.14 bits per heavy atom. The van der Waals surface area contributed by atoms with Gasteiger partial charge >= 0.3 is 5.97 Å². The first kappa shape index (κ1) is 10.9. The Labute approximate surface area is 87.2 Å². The molecule has 0 aliphatic carbocycles. The summed E-state index contributed by atoms with van der Waals surface area (Å²) in [6.45, 7) is 0.937. The minimum atomic E-state index is -0.313. The van der Waals surface area contributed by atoms with E-state index in [9.17, 15) is 4.79 Å². The van der Waals surface area contributed by atoms with Gasteiger partial charge in [0, 0.05) is 11.0 Å². The molecule has 0 aliphatic heterocycles. The van der Waals surface area contributed by atoms with Gasteiger partial charge in [0.15, 0.2) is 0 Å². The molecule has 14 heavy (non-hydrogen) atoms. The van der Waals surface area contributed by atoms with E-state index < -0.39 is 0 Å². The zero-order valence-corrected chi connectivity index (χ0v) is 8.63. The molecule has 0 bridgehead atoms. The van der Waals surface area contributed by atoms with Crippen molar-refractivity contribution in [2.45, 2.75) is 6.42 Å². The average Bonchev–Trinajstić information content (AvgIpc) is 2.68. The molecule has 76 valence electrons. The van der Waals surface area contributed by atoms with Gasteiger partial charge in [-0.2, -0.15) is 0 Å². The van der Waals surface area contributed by atoms with Crippen molar-refractivity contribution in [1.29, 1.82) is 0 Å². The lowest BCUT2D eigenvalue weighted by Gasteiger charge is -1.98. The van der Waals surface area contributed by atoms with Gasteiger partial charge in [-0.05, 0) is 30.5 Å². The van der Waals surface area contributed by atoms with Crippen LogP contribution in [0.4, 0.5) is 0 Å². The van der Waals surface area contributed by atoms with Crippen molar-refractivity contribution in [2.75, 3.05) is 13.2 Å². The third-order valence-corrected chi connectivity index (χ3v) is 2.36. The summed E-state index contributed by atoms with van der Waals surface area (Å²) in [6, 6.07) is 3.87. The van der Waals surface area contributed by atoms with Crippen LogP contribution in [0.3, 0.4) is 0 Å². The predicted octanol–water partition coefficient (Wildman–Crippen LogP) is 1.65. The highest BCUT2D eigenvalue weighted by atomic mass is 32.1. The van der Waals surface area contributed by atoms with Crippen LogP contribution in [0.25, 0.3) is 6.08 Å². The molecule has 0 spiro atoms. The van der Waals surface area contributed by atoms with Crippen LogP contribution in [-0.4, -0.2) is 19.1 Å². The number of hydrogen-bond acceptors (Lipinski definition) is 4. The summed E-state index contributed by atoms with van der Waals surface area (Å²) >= 11 is 1.58. The van der Waals surface area contributed by atoms with Gasteiger partial charge < -0.3 is 10.5 Å². The number of carbonyl (C=O) groups is 1. The number of carbonyl (C=O) groups excluding carboxylic acids is 1. The molecule has 2 N–H and O–H groups in total. The fraction of sp³-hybridized carbons (Fsp3) is 0.300. The van der Waals surface area contributed by atoms with Crippen LogP contribution in [0, 0.1) is 0 Å². The maximum absolute atomic E-state index is 11.1. The van der Waals surface area contributed by atoms with Gasteiger partial charge in [0.1, 0.15) is 0 Å². The molecule has 0 aromatic carbocycles. The molecule has 0 fully saturated rings. The minimum Gasteiger partial charge on any atom is -0.462 e. The first-order chi connectivity index (χ1) is 6.83.